The van der Waals surface area contributed by atoms with Gasteiger partial charge < -0.3 is 15.0 Å². The van der Waals surface area contributed by atoms with Gasteiger partial charge in [-0.15, -0.1) is 0 Å². The molecule has 116 valence electrons. The molecule has 0 aliphatic carbocycles. The van der Waals surface area contributed by atoms with Gasteiger partial charge in [0.15, 0.2) is 0 Å². The number of nitrogens with one attached hydrogen (secondary N) is 1. The van der Waals surface area contributed by atoms with Crippen molar-refractivity contribution < 1.29 is 14.3 Å². The Bertz CT molecular complexity index is 331. The number of ether oxygens (including phenoxy) is 1. The molecule has 1 N–H and O–H groups in total. The molecular weight excluding hydrogens is 258 g/mol. The van der Waals surface area contributed by atoms with E-state index >= 15 is 0 Å². The summed E-state index contributed by atoms with van der Waals surface area (Å²) >= 11 is 0. The molecule has 1 saturated heterocycles. The SMILES string of the molecule is CNCC(=O)CCN1CCN(C(=O)OC(C)(C)C)CC1. The number of Topliss-reactive ketones (excluding diaryl/α,β-unsaturated/α-hetero) is 1. The summed E-state index contributed by atoms with van der Waals surface area (Å²) in [5, 5.41) is 2.86. The summed E-state index contributed by atoms with van der Waals surface area (Å²) in [7, 11) is 1.78. The minimum Gasteiger partial charge on any atom is -0.444 e. The van der Waals surface area contributed by atoms with Gasteiger partial charge in [-0.3, -0.25) is 9.69 Å². The Kier molecular flexibility index (Phi) is 6.42. The third-order valence-electron chi connectivity index (χ3n) is 3.10. The van der Waals surface area contributed by atoms with Crippen LogP contribution < -0.4 is 5.32 Å². The Morgan fingerprint density at radius 3 is 2.25 bits per heavy atom. The summed E-state index contributed by atoms with van der Waals surface area (Å²) in [6.07, 6.45) is 0.316. The van der Waals surface area contributed by atoms with Crippen LogP contribution >= 0.6 is 0 Å². The summed E-state index contributed by atoms with van der Waals surface area (Å²) in [4.78, 5) is 27.3. The number of hydrogen-bond acceptors (Lipinski definition) is 5. The number of hydrogen-bond donors (Lipinski definition) is 1. The maximum atomic E-state index is 11.9. The van der Waals surface area contributed by atoms with E-state index in [2.05, 4.69) is 10.2 Å². The van der Waals surface area contributed by atoms with Gasteiger partial charge in [-0.1, -0.05) is 0 Å². The fraction of sp³-hybridized carbons (Fsp3) is 0.857. The Morgan fingerprint density at radius 2 is 1.75 bits per heavy atom. The van der Waals surface area contributed by atoms with Crippen molar-refractivity contribution in [3.8, 4) is 0 Å². The molecule has 1 aliphatic rings. The molecule has 0 atom stereocenters. The van der Waals surface area contributed by atoms with Gasteiger partial charge in [0.1, 0.15) is 11.4 Å². The molecule has 1 rings (SSSR count). The van der Waals surface area contributed by atoms with Crippen LogP contribution in [0.3, 0.4) is 0 Å². The number of likely N-dealkylation sites (N-methyl/N-ethyl adjacent to an activating group) is 1. The molecule has 0 spiro atoms. The van der Waals surface area contributed by atoms with Crippen LogP contribution in [0, 0.1) is 0 Å². The molecule has 1 heterocycles. The Labute approximate surface area is 121 Å². The second kappa shape index (κ2) is 7.59. The minimum atomic E-state index is -0.451. The highest BCUT2D eigenvalue weighted by Crippen LogP contribution is 2.11. The van der Waals surface area contributed by atoms with Gasteiger partial charge in [-0.25, -0.2) is 4.79 Å². The molecule has 6 nitrogen and oxygen atoms in total. The Balaban J connectivity index is 2.26. The molecule has 0 saturated carbocycles. The van der Waals surface area contributed by atoms with E-state index in [1.165, 1.54) is 0 Å². The molecule has 1 fully saturated rings. The van der Waals surface area contributed by atoms with Gasteiger partial charge >= 0.3 is 6.09 Å². The van der Waals surface area contributed by atoms with Crippen molar-refractivity contribution in [1.29, 1.82) is 0 Å². The van der Waals surface area contributed by atoms with Gasteiger partial charge in [0.05, 0.1) is 6.54 Å². The summed E-state index contributed by atoms with van der Waals surface area (Å²) in [6, 6.07) is 0. The quantitative estimate of drug-likeness (QED) is 0.806. The molecule has 0 aromatic rings. The van der Waals surface area contributed by atoms with Crippen LogP contribution in [0.2, 0.25) is 0 Å². The molecule has 1 aliphatic heterocycles. The van der Waals surface area contributed by atoms with Crippen LogP contribution in [0.5, 0.6) is 0 Å². The fourth-order valence-corrected chi connectivity index (χ4v) is 2.05. The number of ketones is 1. The predicted octanol–water partition coefficient (Wildman–Crippen LogP) is 0.718. The minimum absolute atomic E-state index is 0.224. The van der Waals surface area contributed by atoms with Crippen molar-refractivity contribution in [1.82, 2.24) is 15.1 Å². The number of carbonyl (C=O) groups excluding carboxylic acids is 2. The number of amides is 1. The van der Waals surface area contributed by atoms with E-state index in [0.717, 1.165) is 19.6 Å². The van der Waals surface area contributed by atoms with Crippen molar-refractivity contribution in [2.24, 2.45) is 0 Å². The molecule has 0 aromatic carbocycles. The zero-order valence-corrected chi connectivity index (χ0v) is 13.1. The predicted molar refractivity (Wildman–Crippen MR) is 77.8 cm³/mol. The van der Waals surface area contributed by atoms with Crippen LogP contribution in [-0.4, -0.2) is 73.6 Å². The van der Waals surface area contributed by atoms with Crippen molar-refractivity contribution in [2.75, 3.05) is 46.3 Å². The normalized spacial score (nSPS) is 17.1. The van der Waals surface area contributed by atoms with Gasteiger partial charge in [0.2, 0.25) is 0 Å². The molecular formula is C14H27N3O3. The lowest BCUT2D eigenvalue weighted by Crippen LogP contribution is -2.50. The largest absolute Gasteiger partial charge is 0.444 e. The van der Waals surface area contributed by atoms with Crippen LogP contribution in [0.25, 0.3) is 0 Å². The van der Waals surface area contributed by atoms with E-state index in [1.807, 2.05) is 20.8 Å². The zero-order chi connectivity index (χ0) is 15.2. The van der Waals surface area contributed by atoms with Crippen LogP contribution in [0.4, 0.5) is 4.79 Å². The van der Waals surface area contributed by atoms with Crippen molar-refractivity contribution >= 4 is 11.9 Å². The molecule has 0 aromatic heterocycles. The van der Waals surface area contributed by atoms with Gasteiger partial charge in [-0.2, -0.15) is 0 Å². The van der Waals surface area contributed by atoms with E-state index < -0.39 is 5.60 Å². The van der Waals surface area contributed by atoms with Gasteiger partial charge in [-0.05, 0) is 27.8 Å². The zero-order valence-electron chi connectivity index (χ0n) is 13.1. The van der Waals surface area contributed by atoms with E-state index in [9.17, 15) is 9.59 Å². The standard InChI is InChI=1S/C14H27N3O3/c1-14(2,3)20-13(19)17-9-7-16(8-10-17)6-5-12(18)11-15-4/h15H,5-11H2,1-4H3. The topological polar surface area (TPSA) is 61.9 Å². The first kappa shape index (κ1) is 16.9. The summed E-state index contributed by atoms with van der Waals surface area (Å²) in [6.45, 7) is 9.72. The van der Waals surface area contributed by atoms with Crippen LogP contribution in [0.15, 0.2) is 0 Å². The van der Waals surface area contributed by atoms with E-state index in [4.69, 9.17) is 4.74 Å². The average Bonchev–Trinajstić information content (AvgIpc) is 2.35. The second-order valence-electron chi connectivity index (χ2n) is 6.13. The maximum absolute atomic E-state index is 11.9. The third-order valence-corrected chi connectivity index (χ3v) is 3.10. The third kappa shape index (κ3) is 6.34. The number of piperazine rings is 1. The smallest absolute Gasteiger partial charge is 0.410 e. The average molecular weight is 285 g/mol. The highest BCUT2D eigenvalue weighted by Gasteiger charge is 2.25. The van der Waals surface area contributed by atoms with Crippen LogP contribution in [0.1, 0.15) is 27.2 Å². The molecule has 6 heteroatoms. The van der Waals surface area contributed by atoms with Crippen LogP contribution in [-0.2, 0) is 9.53 Å². The highest BCUT2D eigenvalue weighted by molar-refractivity contribution is 5.80. The Hall–Kier alpha value is -1.14. The molecule has 0 bridgehead atoms. The van der Waals surface area contributed by atoms with E-state index in [1.54, 1.807) is 11.9 Å². The van der Waals surface area contributed by atoms with E-state index in [0.29, 0.717) is 26.1 Å². The lowest BCUT2D eigenvalue weighted by molar-refractivity contribution is -0.118. The first-order valence-electron chi connectivity index (χ1n) is 7.18. The number of nitrogens with zero attached hydrogens (tertiary/aromatic N) is 2. The van der Waals surface area contributed by atoms with Gasteiger partial charge in [0, 0.05) is 39.1 Å². The van der Waals surface area contributed by atoms with E-state index in [-0.39, 0.29) is 11.9 Å². The van der Waals surface area contributed by atoms with Crippen molar-refractivity contribution in [2.45, 2.75) is 32.8 Å². The fourth-order valence-electron chi connectivity index (χ4n) is 2.05. The monoisotopic (exact) mass is 285 g/mol. The first-order chi connectivity index (χ1) is 9.31. The first-order valence-corrected chi connectivity index (χ1v) is 7.18. The molecule has 20 heavy (non-hydrogen) atoms. The summed E-state index contributed by atoms with van der Waals surface area (Å²) in [5.74, 6) is 0.224. The Morgan fingerprint density at radius 1 is 1.15 bits per heavy atom. The maximum Gasteiger partial charge on any atom is 0.410 e. The number of carbonyl (C=O) groups is 2. The highest BCUT2D eigenvalue weighted by atomic mass is 16.6. The lowest BCUT2D eigenvalue weighted by Gasteiger charge is -2.35. The molecule has 1 amide bonds. The lowest BCUT2D eigenvalue weighted by atomic mass is 10.2. The number of rotatable bonds is 5. The molecule has 0 unspecified atom stereocenters. The van der Waals surface area contributed by atoms with Crippen molar-refractivity contribution in [3.05, 3.63) is 0 Å². The van der Waals surface area contributed by atoms with Gasteiger partial charge in [0.25, 0.3) is 0 Å². The van der Waals surface area contributed by atoms with Crippen molar-refractivity contribution in [3.63, 3.8) is 0 Å². The summed E-state index contributed by atoms with van der Waals surface area (Å²) < 4.78 is 5.35. The second-order valence-corrected chi connectivity index (χ2v) is 6.13. The molecule has 0 radical (unpaired) electrons. The summed E-state index contributed by atoms with van der Waals surface area (Å²) in [5.41, 5.74) is -0.451.